The average Bonchev–Trinajstić information content (AvgIpc) is 2.44. The first-order chi connectivity index (χ1) is 7.09. The lowest BCUT2D eigenvalue weighted by Gasteiger charge is -2.00. The van der Waals surface area contributed by atoms with Crippen LogP contribution in [-0.2, 0) is 0 Å². The van der Waals surface area contributed by atoms with E-state index < -0.39 is 0 Å². The van der Waals surface area contributed by atoms with Gasteiger partial charge in [0, 0.05) is 5.56 Å². The minimum atomic E-state index is -0.214. The molecule has 0 radical (unpaired) electrons. The first-order valence-electron chi connectivity index (χ1n) is 4.92. The molecule has 0 aliphatic rings. The van der Waals surface area contributed by atoms with E-state index in [4.69, 9.17) is 4.42 Å². The Hall–Kier alpha value is -1.57. The number of hydrogen-bond donors (Lipinski definition) is 0. The lowest BCUT2D eigenvalue weighted by atomic mass is 10.0. The summed E-state index contributed by atoms with van der Waals surface area (Å²) in [5.41, 5.74) is 3.20. The minimum Gasteiger partial charge on any atom is -0.466 e. The normalized spacial score (nSPS) is 10.7. The molecule has 0 saturated heterocycles. The highest BCUT2D eigenvalue weighted by molar-refractivity contribution is 5.69. The molecule has 0 amide bonds. The van der Waals surface area contributed by atoms with Crippen molar-refractivity contribution in [3.8, 4) is 11.1 Å². The van der Waals surface area contributed by atoms with Gasteiger partial charge in [-0.2, -0.15) is 0 Å². The monoisotopic (exact) mass is 204 g/mol. The molecule has 0 N–H and O–H groups in total. The van der Waals surface area contributed by atoms with Gasteiger partial charge in [0.25, 0.3) is 0 Å². The quantitative estimate of drug-likeness (QED) is 0.684. The van der Waals surface area contributed by atoms with E-state index >= 15 is 0 Å². The molecule has 0 aliphatic heterocycles. The Morgan fingerprint density at radius 2 is 1.53 bits per heavy atom. The summed E-state index contributed by atoms with van der Waals surface area (Å²) < 4.78 is 18.3. The highest BCUT2D eigenvalue weighted by Gasteiger charge is 2.12. The summed E-state index contributed by atoms with van der Waals surface area (Å²) in [4.78, 5) is 0. The second kappa shape index (κ2) is 3.54. The molecule has 78 valence electrons. The first kappa shape index (κ1) is 9.97. The van der Waals surface area contributed by atoms with Crippen molar-refractivity contribution in [2.24, 2.45) is 0 Å². The van der Waals surface area contributed by atoms with Crippen LogP contribution in [0, 0.1) is 26.6 Å². The second-order valence-corrected chi connectivity index (χ2v) is 3.72. The fourth-order valence-corrected chi connectivity index (χ4v) is 1.83. The van der Waals surface area contributed by atoms with Gasteiger partial charge in [-0.05, 0) is 44.0 Å². The van der Waals surface area contributed by atoms with Gasteiger partial charge in [0.2, 0.25) is 0 Å². The van der Waals surface area contributed by atoms with E-state index in [9.17, 15) is 4.39 Å². The van der Waals surface area contributed by atoms with E-state index in [0.717, 1.165) is 28.2 Å². The van der Waals surface area contributed by atoms with Crippen LogP contribution in [0.1, 0.15) is 17.1 Å². The Labute approximate surface area is 88.5 Å². The lowest BCUT2D eigenvalue weighted by Crippen LogP contribution is -1.82. The molecule has 0 atom stereocenters. The molecule has 0 saturated carbocycles. The number of hydrogen-bond acceptors (Lipinski definition) is 1. The molecule has 1 aromatic carbocycles. The zero-order valence-electron chi connectivity index (χ0n) is 9.10. The average molecular weight is 204 g/mol. The van der Waals surface area contributed by atoms with Crippen molar-refractivity contribution in [2.75, 3.05) is 0 Å². The molecular weight excluding hydrogens is 191 g/mol. The molecule has 1 heterocycles. The van der Waals surface area contributed by atoms with Crippen LogP contribution in [0.3, 0.4) is 0 Å². The number of halogens is 1. The van der Waals surface area contributed by atoms with Crippen LogP contribution in [0.2, 0.25) is 0 Å². The Kier molecular flexibility index (Phi) is 2.35. The van der Waals surface area contributed by atoms with Crippen LogP contribution >= 0.6 is 0 Å². The number of rotatable bonds is 1. The first-order valence-corrected chi connectivity index (χ1v) is 4.92. The van der Waals surface area contributed by atoms with Gasteiger partial charge in [0.1, 0.15) is 17.3 Å². The number of furan rings is 1. The van der Waals surface area contributed by atoms with Gasteiger partial charge in [-0.15, -0.1) is 0 Å². The lowest BCUT2D eigenvalue weighted by molar-refractivity contribution is 0.503. The van der Waals surface area contributed by atoms with Gasteiger partial charge >= 0.3 is 0 Å². The van der Waals surface area contributed by atoms with Crippen LogP contribution < -0.4 is 0 Å². The van der Waals surface area contributed by atoms with E-state index in [1.807, 2.05) is 20.8 Å². The maximum atomic E-state index is 12.8. The maximum Gasteiger partial charge on any atom is 0.123 e. The largest absolute Gasteiger partial charge is 0.466 e. The van der Waals surface area contributed by atoms with Crippen molar-refractivity contribution >= 4 is 0 Å². The molecule has 0 fully saturated rings. The van der Waals surface area contributed by atoms with Gasteiger partial charge < -0.3 is 4.42 Å². The maximum absolute atomic E-state index is 12.8. The van der Waals surface area contributed by atoms with Crippen molar-refractivity contribution in [3.63, 3.8) is 0 Å². The van der Waals surface area contributed by atoms with E-state index in [2.05, 4.69) is 0 Å². The number of aryl methyl sites for hydroxylation is 2. The van der Waals surface area contributed by atoms with Gasteiger partial charge in [-0.1, -0.05) is 12.1 Å². The van der Waals surface area contributed by atoms with E-state index in [1.165, 1.54) is 12.1 Å². The van der Waals surface area contributed by atoms with Crippen LogP contribution in [0.25, 0.3) is 11.1 Å². The van der Waals surface area contributed by atoms with Gasteiger partial charge in [-0.25, -0.2) is 4.39 Å². The van der Waals surface area contributed by atoms with Crippen molar-refractivity contribution in [3.05, 3.63) is 47.2 Å². The molecular formula is C13H13FO. The molecule has 0 unspecified atom stereocenters. The van der Waals surface area contributed by atoms with Crippen LogP contribution in [0.5, 0.6) is 0 Å². The molecule has 1 aromatic heterocycles. The van der Waals surface area contributed by atoms with E-state index in [0.29, 0.717) is 0 Å². The van der Waals surface area contributed by atoms with E-state index in [-0.39, 0.29) is 5.82 Å². The topological polar surface area (TPSA) is 13.1 Å². The predicted molar refractivity (Wildman–Crippen MR) is 58.3 cm³/mol. The Bertz CT molecular complexity index is 480. The molecule has 2 rings (SSSR count). The Morgan fingerprint density at radius 3 is 2.00 bits per heavy atom. The predicted octanol–water partition coefficient (Wildman–Crippen LogP) is 4.01. The van der Waals surface area contributed by atoms with Crippen molar-refractivity contribution in [1.82, 2.24) is 0 Å². The molecule has 0 aliphatic carbocycles. The van der Waals surface area contributed by atoms with Crippen LogP contribution in [0.4, 0.5) is 4.39 Å². The van der Waals surface area contributed by atoms with Gasteiger partial charge in [0.05, 0.1) is 0 Å². The van der Waals surface area contributed by atoms with Gasteiger partial charge in [0.15, 0.2) is 0 Å². The Morgan fingerprint density at radius 1 is 0.933 bits per heavy atom. The third-order valence-electron chi connectivity index (χ3n) is 2.69. The minimum absolute atomic E-state index is 0.214. The molecule has 2 heteroatoms. The summed E-state index contributed by atoms with van der Waals surface area (Å²) in [5.74, 6) is 1.60. The van der Waals surface area contributed by atoms with E-state index in [1.54, 1.807) is 12.1 Å². The van der Waals surface area contributed by atoms with Crippen LogP contribution in [-0.4, -0.2) is 0 Å². The Balaban J connectivity index is 2.58. The fraction of sp³-hybridized carbons (Fsp3) is 0.231. The molecule has 2 aromatic rings. The standard InChI is InChI=1S/C13H13FO/c1-8-9(2)15-10(3)13(8)11-4-6-12(14)7-5-11/h4-7H,1-3H3. The number of benzene rings is 1. The third kappa shape index (κ3) is 1.67. The summed E-state index contributed by atoms with van der Waals surface area (Å²) in [7, 11) is 0. The zero-order valence-corrected chi connectivity index (χ0v) is 9.10. The SMILES string of the molecule is Cc1oc(C)c(-c2ccc(F)cc2)c1C. The highest BCUT2D eigenvalue weighted by atomic mass is 19.1. The molecule has 15 heavy (non-hydrogen) atoms. The second-order valence-electron chi connectivity index (χ2n) is 3.72. The van der Waals surface area contributed by atoms with Gasteiger partial charge in [-0.3, -0.25) is 0 Å². The summed E-state index contributed by atoms with van der Waals surface area (Å²) in [5, 5.41) is 0. The summed E-state index contributed by atoms with van der Waals surface area (Å²) >= 11 is 0. The van der Waals surface area contributed by atoms with Crippen LogP contribution in [0.15, 0.2) is 28.7 Å². The molecule has 0 spiro atoms. The molecule has 0 bridgehead atoms. The fourth-order valence-electron chi connectivity index (χ4n) is 1.83. The third-order valence-corrected chi connectivity index (χ3v) is 2.69. The highest BCUT2D eigenvalue weighted by Crippen LogP contribution is 2.31. The van der Waals surface area contributed by atoms with Crippen molar-refractivity contribution in [1.29, 1.82) is 0 Å². The molecule has 1 nitrogen and oxygen atoms in total. The smallest absolute Gasteiger partial charge is 0.123 e. The zero-order chi connectivity index (χ0) is 11.0. The summed E-state index contributed by atoms with van der Waals surface area (Å²) in [6.07, 6.45) is 0. The van der Waals surface area contributed by atoms with Crippen molar-refractivity contribution < 1.29 is 8.81 Å². The van der Waals surface area contributed by atoms with Crippen molar-refractivity contribution in [2.45, 2.75) is 20.8 Å². The summed E-state index contributed by atoms with van der Waals surface area (Å²) in [6, 6.07) is 6.49. The summed E-state index contributed by atoms with van der Waals surface area (Å²) in [6.45, 7) is 5.89.